The molecule has 2 aromatic rings. The molecule has 0 unspecified atom stereocenters. The van der Waals surface area contributed by atoms with Crippen LogP contribution >= 0.6 is 0 Å². The molecular formula is C24H28N2O4. The molecule has 158 valence electrons. The molecule has 0 spiro atoms. The van der Waals surface area contributed by atoms with E-state index >= 15 is 0 Å². The third-order valence-corrected chi connectivity index (χ3v) is 6.09. The van der Waals surface area contributed by atoms with E-state index in [0.717, 1.165) is 60.0 Å². The zero-order chi connectivity index (χ0) is 20.3. The Hall–Kier alpha value is -2.73. The van der Waals surface area contributed by atoms with Crippen LogP contribution in [0, 0.1) is 0 Å². The maximum absolute atomic E-state index is 13.5. The van der Waals surface area contributed by atoms with Gasteiger partial charge in [-0.1, -0.05) is 6.07 Å². The molecule has 0 radical (unpaired) electrons. The fourth-order valence-electron chi connectivity index (χ4n) is 4.43. The number of nitrogens with zero attached hydrogens (tertiary/aromatic N) is 2. The Labute approximate surface area is 177 Å². The molecule has 3 heterocycles. The Bertz CT molecular complexity index is 923. The van der Waals surface area contributed by atoms with Gasteiger partial charge < -0.3 is 24.0 Å². The largest absolute Gasteiger partial charge is 0.493 e. The van der Waals surface area contributed by atoms with E-state index in [1.807, 2.05) is 41.3 Å². The highest BCUT2D eigenvalue weighted by molar-refractivity contribution is 5.94. The second-order valence-corrected chi connectivity index (χ2v) is 8.17. The Morgan fingerprint density at radius 2 is 1.67 bits per heavy atom. The maximum Gasteiger partial charge on any atom is 0.254 e. The number of carbonyl (C=O) groups excluding carboxylic acids is 1. The lowest BCUT2D eigenvalue weighted by molar-refractivity contribution is 0.0726. The molecule has 3 aliphatic rings. The molecule has 0 atom stereocenters. The number of amides is 1. The standard InChI is InChI=1S/C24H28N2O4/c27-24(20-4-6-21-19(16-20)7-12-28-21)26(11-10-25-8-1-2-9-25)17-18-3-5-22-23(15-18)30-14-13-29-22/h3-6,15-16H,1-2,7-14,17H2. The van der Waals surface area contributed by atoms with Crippen LogP contribution in [-0.2, 0) is 13.0 Å². The number of hydrogen-bond acceptors (Lipinski definition) is 5. The van der Waals surface area contributed by atoms with E-state index in [9.17, 15) is 4.79 Å². The first kappa shape index (κ1) is 19.2. The minimum Gasteiger partial charge on any atom is -0.493 e. The van der Waals surface area contributed by atoms with Gasteiger partial charge in [0, 0.05) is 31.6 Å². The van der Waals surface area contributed by atoms with Gasteiger partial charge in [0.25, 0.3) is 5.91 Å². The van der Waals surface area contributed by atoms with Gasteiger partial charge in [-0.2, -0.15) is 0 Å². The summed E-state index contributed by atoms with van der Waals surface area (Å²) < 4.78 is 17.0. The van der Waals surface area contributed by atoms with Crippen LogP contribution in [-0.4, -0.2) is 61.7 Å². The molecule has 0 bridgehead atoms. The molecule has 0 aromatic heterocycles. The highest BCUT2D eigenvalue weighted by atomic mass is 16.6. The summed E-state index contributed by atoms with van der Waals surface area (Å²) in [6.45, 7) is 6.26. The molecule has 1 fully saturated rings. The minimum absolute atomic E-state index is 0.0683. The summed E-state index contributed by atoms with van der Waals surface area (Å²) in [4.78, 5) is 17.9. The van der Waals surface area contributed by atoms with E-state index in [-0.39, 0.29) is 5.91 Å². The van der Waals surface area contributed by atoms with Crippen LogP contribution in [0.4, 0.5) is 0 Å². The van der Waals surface area contributed by atoms with Crippen molar-refractivity contribution in [2.75, 3.05) is 46.0 Å². The molecule has 5 rings (SSSR count). The number of carbonyl (C=O) groups is 1. The van der Waals surface area contributed by atoms with Crippen molar-refractivity contribution < 1.29 is 19.0 Å². The molecule has 0 aliphatic carbocycles. The van der Waals surface area contributed by atoms with Crippen molar-refractivity contribution in [3.63, 3.8) is 0 Å². The summed E-state index contributed by atoms with van der Waals surface area (Å²) in [5.41, 5.74) is 2.91. The number of hydrogen-bond donors (Lipinski definition) is 0. The second-order valence-electron chi connectivity index (χ2n) is 8.17. The van der Waals surface area contributed by atoms with Crippen LogP contribution < -0.4 is 14.2 Å². The van der Waals surface area contributed by atoms with E-state index in [1.165, 1.54) is 12.8 Å². The smallest absolute Gasteiger partial charge is 0.254 e. The first-order valence-corrected chi connectivity index (χ1v) is 10.9. The molecule has 2 aromatic carbocycles. The van der Waals surface area contributed by atoms with E-state index < -0.39 is 0 Å². The summed E-state index contributed by atoms with van der Waals surface area (Å²) in [6.07, 6.45) is 3.37. The summed E-state index contributed by atoms with van der Waals surface area (Å²) >= 11 is 0. The molecule has 1 amide bonds. The quantitative estimate of drug-likeness (QED) is 0.735. The highest BCUT2D eigenvalue weighted by Gasteiger charge is 2.22. The lowest BCUT2D eigenvalue weighted by Gasteiger charge is -2.27. The highest BCUT2D eigenvalue weighted by Crippen LogP contribution is 2.31. The number of ether oxygens (including phenoxy) is 3. The van der Waals surface area contributed by atoms with Crippen molar-refractivity contribution in [2.24, 2.45) is 0 Å². The molecule has 6 nitrogen and oxygen atoms in total. The van der Waals surface area contributed by atoms with Gasteiger partial charge in [-0.05, 0) is 67.4 Å². The number of rotatable bonds is 6. The zero-order valence-corrected chi connectivity index (χ0v) is 17.3. The number of benzene rings is 2. The lowest BCUT2D eigenvalue weighted by Crippen LogP contribution is -2.37. The van der Waals surface area contributed by atoms with Gasteiger partial charge in [-0.3, -0.25) is 4.79 Å². The average Bonchev–Trinajstić information content (AvgIpc) is 3.47. The Balaban J connectivity index is 1.36. The summed E-state index contributed by atoms with van der Waals surface area (Å²) in [5, 5.41) is 0. The Kier molecular flexibility index (Phi) is 5.49. The first-order chi connectivity index (χ1) is 14.8. The van der Waals surface area contributed by atoms with E-state index in [2.05, 4.69) is 4.90 Å². The predicted octanol–water partition coefficient (Wildman–Crippen LogP) is 3.13. The van der Waals surface area contributed by atoms with Gasteiger partial charge in [0.05, 0.1) is 6.61 Å². The zero-order valence-electron chi connectivity index (χ0n) is 17.3. The predicted molar refractivity (Wildman–Crippen MR) is 113 cm³/mol. The van der Waals surface area contributed by atoms with Crippen molar-refractivity contribution in [3.05, 3.63) is 53.1 Å². The molecular weight excluding hydrogens is 380 g/mol. The van der Waals surface area contributed by atoms with Crippen LogP contribution in [0.15, 0.2) is 36.4 Å². The van der Waals surface area contributed by atoms with Crippen molar-refractivity contribution in [2.45, 2.75) is 25.8 Å². The second kappa shape index (κ2) is 8.56. The van der Waals surface area contributed by atoms with Crippen LogP contribution in [0.2, 0.25) is 0 Å². The van der Waals surface area contributed by atoms with Crippen molar-refractivity contribution >= 4 is 5.91 Å². The van der Waals surface area contributed by atoms with Gasteiger partial charge in [0.15, 0.2) is 11.5 Å². The van der Waals surface area contributed by atoms with E-state index in [0.29, 0.717) is 32.9 Å². The Morgan fingerprint density at radius 1 is 0.900 bits per heavy atom. The third-order valence-electron chi connectivity index (χ3n) is 6.09. The fourth-order valence-corrected chi connectivity index (χ4v) is 4.43. The van der Waals surface area contributed by atoms with Gasteiger partial charge >= 0.3 is 0 Å². The van der Waals surface area contributed by atoms with Crippen LogP contribution in [0.25, 0.3) is 0 Å². The number of fused-ring (bicyclic) bond motifs is 2. The first-order valence-electron chi connectivity index (χ1n) is 10.9. The molecule has 1 saturated heterocycles. The minimum atomic E-state index is 0.0683. The monoisotopic (exact) mass is 408 g/mol. The van der Waals surface area contributed by atoms with Crippen LogP contribution in [0.5, 0.6) is 17.2 Å². The van der Waals surface area contributed by atoms with Crippen molar-refractivity contribution in [3.8, 4) is 17.2 Å². The molecule has 0 N–H and O–H groups in total. The van der Waals surface area contributed by atoms with Gasteiger partial charge in [0.1, 0.15) is 19.0 Å². The average molecular weight is 408 g/mol. The molecule has 3 aliphatic heterocycles. The maximum atomic E-state index is 13.5. The molecule has 30 heavy (non-hydrogen) atoms. The van der Waals surface area contributed by atoms with Gasteiger partial charge in [-0.25, -0.2) is 0 Å². The summed E-state index contributed by atoms with van der Waals surface area (Å²) in [7, 11) is 0. The number of likely N-dealkylation sites (tertiary alicyclic amines) is 1. The fraction of sp³-hybridized carbons (Fsp3) is 0.458. The lowest BCUT2D eigenvalue weighted by atomic mass is 10.1. The Morgan fingerprint density at radius 3 is 2.53 bits per heavy atom. The molecule has 0 saturated carbocycles. The van der Waals surface area contributed by atoms with Crippen molar-refractivity contribution in [1.82, 2.24) is 9.80 Å². The van der Waals surface area contributed by atoms with Gasteiger partial charge in [-0.15, -0.1) is 0 Å². The van der Waals surface area contributed by atoms with Crippen LogP contribution in [0.1, 0.15) is 34.3 Å². The van der Waals surface area contributed by atoms with E-state index in [1.54, 1.807) is 0 Å². The van der Waals surface area contributed by atoms with E-state index in [4.69, 9.17) is 14.2 Å². The SMILES string of the molecule is O=C(c1ccc2c(c1)CCO2)N(CCN1CCCC1)Cc1ccc2c(c1)OCCO2. The summed E-state index contributed by atoms with van der Waals surface area (Å²) in [6, 6.07) is 11.8. The third kappa shape index (κ3) is 4.10. The topological polar surface area (TPSA) is 51.2 Å². The van der Waals surface area contributed by atoms with Gasteiger partial charge in [0.2, 0.25) is 0 Å². The summed E-state index contributed by atoms with van der Waals surface area (Å²) in [5.74, 6) is 2.51. The molecule has 6 heteroatoms. The van der Waals surface area contributed by atoms with Crippen molar-refractivity contribution in [1.29, 1.82) is 0 Å². The normalized spacial score (nSPS) is 17.5. The van der Waals surface area contributed by atoms with Crippen LogP contribution in [0.3, 0.4) is 0 Å².